The largest absolute Gasteiger partial charge is 0.393 e. The SMILES string of the molecule is C[C@]12CC[C@]3(C)[C@H]4CCC(O)CC4CC[C@H]3[C@@H]1C[C@@H](O)C2. The molecule has 0 spiro atoms. The quantitative estimate of drug-likeness (QED) is 0.714. The number of aliphatic hydroxyl groups is 2. The molecular weight excluding hydrogens is 260 g/mol. The first-order valence-corrected chi connectivity index (χ1v) is 9.28. The van der Waals surface area contributed by atoms with E-state index in [1.807, 2.05) is 0 Å². The molecule has 0 bridgehead atoms. The van der Waals surface area contributed by atoms with Crippen molar-refractivity contribution in [2.75, 3.05) is 0 Å². The molecule has 0 aromatic heterocycles. The molecule has 4 rings (SSSR count). The Morgan fingerprint density at radius 3 is 2.33 bits per heavy atom. The van der Waals surface area contributed by atoms with Gasteiger partial charge in [0.1, 0.15) is 0 Å². The zero-order valence-electron chi connectivity index (χ0n) is 13.7. The topological polar surface area (TPSA) is 40.5 Å². The van der Waals surface area contributed by atoms with Gasteiger partial charge in [0.05, 0.1) is 12.2 Å². The minimum absolute atomic E-state index is 0.0337. The van der Waals surface area contributed by atoms with Crippen LogP contribution in [0.25, 0.3) is 0 Å². The number of hydrogen-bond donors (Lipinski definition) is 2. The average Bonchev–Trinajstić information content (AvgIpc) is 2.73. The van der Waals surface area contributed by atoms with Crippen molar-refractivity contribution < 1.29 is 10.2 Å². The molecule has 2 N–H and O–H groups in total. The molecule has 2 heteroatoms. The van der Waals surface area contributed by atoms with E-state index in [1.54, 1.807) is 0 Å². The van der Waals surface area contributed by atoms with Crippen molar-refractivity contribution in [3.8, 4) is 0 Å². The van der Waals surface area contributed by atoms with Crippen molar-refractivity contribution in [1.29, 1.82) is 0 Å². The van der Waals surface area contributed by atoms with Crippen LogP contribution in [-0.4, -0.2) is 22.4 Å². The molecule has 8 atom stereocenters. The van der Waals surface area contributed by atoms with Gasteiger partial charge in [0.15, 0.2) is 0 Å². The minimum Gasteiger partial charge on any atom is -0.393 e. The lowest BCUT2D eigenvalue weighted by Gasteiger charge is -2.61. The summed E-state index contributed by atoms with van der Waals surface area (Å²) in [6.45, 7) is 5.01. The maximum atomic E-state index is 10.2. The lowest BCUT2D eigenvalue weighted by Crippen LogP contribution is -2.54. The van der Waals surface area contributed by atoms with E-state index in [0.29, 0.717) is 10.8 Å². The first kappa shape index (κ1) is 14.5. The van der Waals surface area contributed by atoms with Gasteiger partial charge in [-0.05, 0) is 92.3 Å². The molecule has 4 aliphatic carbocycles. The molecule has 0 amide bonds. The van der Waals surface area contributed by atoms with Crippen molar-refractivity contribution >= 4 is 0 Å². The highest BCUT2D eigenvalue weighted by molar-refractivity contribution is 5.09. The van der Waals surface area contributed by atoms with Gasteiger partial charge in [-0.15, -0.1) is 0 Å². The standard InChI is InChI=1S/C19H32O2/c1-18-7-8-19(2)15-6-4-13(20)9-12(15)3-5-16(19)17(18)10-14(21)11-18/h12-17,20-21H,3-11H2,1-2H3/t12?,13?,14-,15+,16+,17+,18-,19-/m1/s1. The number of hydrogen-bond acceptors (Lipinski definition) is 2. The van der Waals surface area contributed by atoms with Crippen molar-refractivity contribution in [2.45, 2.75) is 83.8 Å². The van der Waals surface area contributed by atoms with Crippen molar-refractivity contribution in [3.63, 3.8) is 0 Å². The second-order valence-electron chi connectivity index (χ2n) is 9.38. The monoisotopic (exact) mass is 292 g/mol. The molecule has 2 unspecified atom stereocenters. The van der Waals surface area contributed by atoms with E-state index in [2.05, 4.69) is 13.8 Å². The molecule has 4 fully saturated rings. The van der Waals surface area contributed by atoms with E-state index in [4.69, 9.17) is 0 Å². The Kier molecular flexibility index (Phi) is 3.25. The summed E-state index contributed by atoms with van der Waals surface area (Å²) >= 11 is 0. The number of rotatable bonds is 0. The third-order valence-corrected chi connectivity index (χ3v) is 8.34. The molecule has 21 heavy (non-hydrogen) atoms. The highest BCUT2D eigenvalue weighted by Gasteiger charge is 2.60. The Morgan fingerprint density at radius 1 is 0.762 bits per heavy atom. The van der Waals surface area contributed by atoms with E-state index >= 15 is 0 Å². The van der Waals surface area contributed by atoms with Crippen LogP contribution in [0.3, 0.4) is 0 Å². The zero-order chi connectivity index (χ0) is 14.8. The fourth-order valence-corrected chi connectivity index (χ4v) is 7.30. The fraction of sp³-hybridized carbons (Fsp3) is 1.00. The molecule has 4 saturated carbocycles. The average molecular weight is 292 g/mol. The minimum atomic E-state index is -0.0479. The molecule has 0 aliphatic heterocycles. The number of aliphatic hydroxyl groups excluding tert-OH is 2. The van der Waals surface area contributed by atoms with Gasteiger partial charge in [0.2, 0.25) is 0 Å². The zero-order valence-corrected chi connectivity index (χ0v) is 13.7. The van der Waals surface area contributed by atoms with E-state index in [-0.39, 0.29) is 12.2 Å². The first-order valence-electron chi connectivity index (χ1n) is 9.28. The van der Waals surface area contributed by atoms with Gasteiger partial charge in [-0.1, -0.05) is 13.8 Å². The second kappa shape index (κ2) is 4.71. The van der Waals surface area contributed by atoms with Crippen molar-refractivity contribution in [2.24, 2.45) is 34.5 Å². The molecule has 0 aromatic carbocycles. The summed E-state index contributed by atoms with van der Waals surface area (Å²) in [7, 11) is 0. The van der Waals surface area contributed by atoms with Crippen LogP contribution in [0.5, 0.6) is 0 Å². The van der Waals surface area contributed by atoms with Crippen LogP contribution >= 0.6 is 0 Å². The Balaban J connectivity index is 1.63. The summed E-state index contributed by atoms with van der Waals surface area (Å²) in [4.78, 5) is 0. The maximum absolute atomic E-state index is 10.2. The van der Waals surface area contributed by atoms with Gasteiger partial charge in [0, 0.05) is 0 Å². The molecule has 120 valence electrons. The first-order chi connectivity index (χ1) is 9.92. The van der Waals surface area contributed by atoms with E-state index in [0.717, 1.165) is 49.4 Å². The molecule has 2 nitrogen and oxygen atoms in total. The molecule has 0 aromatic rings. The van der Waals surface area contributed by atoms with E-state index < -0.39 is 0 Å². The maximum Gasteiger partial charge on any atom is 0.0548 e. The second-order valence-corrected chi connectivity index (χ2v) is 9.38. The van der Waals surface area contributed by atoms with Crippen LogP contribution in [0.2, 0.25) is 0 Å². The molecule has 0 radical (unpaired) electrons. The molecule has 0 heterocycles. The Bertz CT molecular complexity index is 422. The van der Waals surface area contributed by atoms with Crippen LogP contribution < -0.4 is 0 Å². The predicted octanol–water partition coefficient (Wildman–Crippen LogP) is 3.75. The smallest absolute Gasteiger partial charge is 0.0548 e. The van der Waals surface area contributed by atoms with Gasteiger partial charge in [-0.25, -0.2) is 0 Å². The van der Waals surface area contributed by atoms with Gasteiger partial charge in [-0.3, -0.25) is 0 Å². The van der Waals surface area contributed by atoms with E-state index in [1.165, 1.54) is 32.1 Å². The summed E-state index contributed by atoms with van der Waals surface area (Å²) in [6.07, 6.45) is 10.7. The summed E-state index contributed by atoms with van der Waals surface area (Å²) in [5.74, 6) is 3.18. The Hall–Kier alpha value is -0.0800. The fourth-order valence-electron chi connectivity index (χ4n) is 7.30. The normalized spacial score (nSPS) is 60.0. The Labute approximate surface area is 129 Å². The lowest BCUT2D eigenvalue weighted by molar-refractivity contribution is -0.127. The third-order valence-electron chi connectivity index (χ3n) is 8.34. The van der Waals surface area contributed by atoms with Crippen LogP contribution in [0, 0.1) is 34.5 Å². The van der Waals surface area contributed by atoms with Gasteiger partial charge < -0.3 is 10.2 Å². The van der Waals surface area contributed by atoms with Crippen LogP contribution in [0.1, 0.15) is 71.6 Å². The van der Waals surface area contributed by atoms with Crippen LogP contribution in [0.4, 0.5) is 0 Å². The molecule has 4 aliphatic rings. The molecular formula is C19H32O2. The third kappa shape index (κ3) is 2.05. The van der Waals surface area contributed by atoms with E-state index in [9.17, 15) is 10.2 Å². The van der Waals surface area contributed by atoms with Crippen molar-refractivity contribution in [1.82, 2.24) is 0 Å². The Morgan fingerprint density at radius 2 is 1.52 bits per heavy atom. The van der Waals surface area contributed by atoms with Gasteiger partial charge in [0.25, 0.3) is 0 Å². The van der Waals surface area contributed by atoms with Gasteiger partial charge >= 0.3 is 0 Å². The highest BCUT2D eigenvalue weighted by Crippen LogP contribution is 2.67. The molecule has 0 saturated heterocycles. The lowest BCUT2D eigenvalue weighted by atomic mass is 9.44. The summed E-state index contributed by atoms with van der Waals surface area (Å²) < 4.78 is 0. The van der Waals surface area contributed by atoms with Crippen LogP contribution in [-0.2, 0) is 0 Å². The summed E-state index contributed by atoms with van der Waals surface area (Å²) in [5.41, 5.74) is 0.891. The highest BCUT2D eigenvalue weighted by atomic mass is 16.3. The predicted molar refractivity (Wildman–Crippen MR) is 83.7 cm³/mol. The summed E-state index contributed by atoms with van der Waals surface area (Å²) in [6, 6.07) is 0. The van der Waals surface area contributed by atoms with Gasteiger partial charge in [-0.2, -0.15) is 0 Å². The summed E-state index contributed by atoms with van der Waals surface area (Å²) in [5, 5.41) is 20.3. The number of fused-ring (bicyclic) bond motifs is 5. The van der Waals surface area contributed by atoms with Crippen LogP contribution in [0.15, 0.2) is 0 Å². The van der Waals surface area contributed by atoms with Crippen molar-refractivity contribution in [3.05, 3.63) is 0 Å².